The summed E-state index contributed by atoms with van der Waals surface area (Å²) in [5, 5.41) is 6.52. The Labute approximate surface area is 125 Å². The third-order valence-electron chi connectivity index (χ3n) is 3.93. The smallest absolute Gasteiger partial charge is 0.226 e. The van der Waals surface area contributed by atoms with Crippen LogP contribution in [0, 0.1) is 0 Å². The lowest BCUT2D eigenvalue weighted by molar-refractivity contribution is 0.468. The third kappa shape index (κ3) is 2.87. The molecular weight excluding hydrogens is 268 g/mol. The Hall–Kier alpha value is -1.36. The molecule has 1 N–H and O–H groups in total. The van der Waals surface area contributed by atoms with Crippen molar-refractivity contribution in [2.24, 2.45) is 0 Å². The van der Waals surface area contributed by atoms with E-state index in [1.165, 1.54) is 0 Å². The number of rotatable bonds is 6. The van der Waals surface area contributed by atoms with Crippen molar-refractivity contribution in [2.75, 3.05) is 23.8 Å². The van der Waals surface area contributed by atoms with E-state index in [0.29, 0.717) is 0 Å². The molecule has 0 aliphatic heterocycles. The van der Waals surface area contributed by atoms with Crippen LogP contribution in [0.15, 0.2) is 11.4 Å². The van der Waals surface area contributed by atoms with Crippen molar-refractivity contribution in [3.05, 3.63) is 11.4 Å². The Kier molecular flexibility index (Phi) is 4.48. The van der Waals surface area contributed by atoms with Crippen LogP contribution in [0.5, 0.6) is 0 Å². The second-order valence-electron chi connectivity index (χ2n) is 5.66. The summed E-state index contributed by atoms with van der Waals surface area (Å²) < 4.78 is 0. The maximum Gasteiger partial charge on any atom is 0.226 e. The van der Waals surface area contributed by atoms with Gasteiger partial charge in [0.2, 0.25) is 5.95 Å². The Balaban J connectivity index is 2.47. The van der Waals surface area contributed by atoms with Crippen molar-refractivity contribution in [1.29, 1.82) is 0 Å². The Morgan fingerprint density at radius 2 is 2.05 bits per heavy atom. The first-order valence-corrected chi connectivity index (χ1v) is 8.10. The van der Waals surface area contributed by atoms with Gasteiger partial charge in [0.05, 0.1) is 5.39 Å². The molecule has 2 heterocycles. The molecule has 4 nitrogen and oxygen atoms in total. The van der Waals surface area contributed by atoms with E-state index >= 15 is 0 Å². The Morgan fingerprint density at radius 3 is 2.70 bits per heavy atom. The lowest BCUT2D eigenvalue weighted by Gasteiger charge is -2.36. The number of aromatic nitrogens is 2. The second kappa shape index (κ2) is 5.95. The van der Waals surface area contributed by atoms with E-state index in [0.717, 1.165) is 41.4 Å². The number of hydrogen-bond donors (Lipinski definition) is 1. The SMILES string of the molecule is CCCNc1nc(N(C)C(C)(C)CC)c2ccsc2n1. The van der Waals surface area contributed by atoms with Crippen LogP contribution in [-0.4, -0.2) is 29.1 Å². The first-order chi connectivity index (χ1) is 9.49. The fourth-order valence-corrected chi connectivity index (χ4v) is 2.69. The van der Waals surface area contributed by atoms with Gasteiger partial charge in [-0.25, -0.2) is 4.98 Å². The Morgan fingerprint density at radius 1 is 1.30 bits per heavy atom. The van der Waals surface area contributed by atoms with Crippen LogP contribution in [0.3, 0.4) is 0 Å². The number of thiophene rings is 1. The van der Waals surface area contributed by atoms with Crippen LogP contribution in [0.25, 0.3) is 10.2 Å². The topological polar surface area (TPSA) is 41.1 Å². The summed E-state index contributed by atoms with van der Waals surface area (Å²) >= 11 is 1.67. The standard InChI is InChI=1S/C15H24N4S/c1-6-9-16-14-17-12(19(5)15(3,4)7-2)11-8-10-20-13(11)18-14/h8,10H,6-7,9H2,1-5H3,(H,16,17,18). The van der Waals surface area contributed by atoms with Crippen molar-refractivity contribution in [3.63, 3.8) is 0 Å². The van der Waals surface area contributed by atoms with Gasteiger partial charge in [-0.3, -0.25) is 0 Å². The van der Waals surface area contributed by atoms with E-state index in [2.05, 4.69) is 61.4 Å². The number of nitrogens with zero attached hydrogens (tertiary/aromatic N) is 3. The fourth-order valence-electron chi connectivity index (χ4n) is 1.94. The minimum Gasteiger partial charge on any atom is -0.354 e. The molecule has 2 aromatic rings. The van der Waals surface area contributed by atoms with Crippen molar-refractivity contribution in [2.45, 2.75) is 46.1 Å². The summed E-state index contributed by atoms with van der Waals surface area (Å²) in [6.45, 7) is 9.73. The quantitative estimate of drug-likeness (QED) is 0.869. The van der Waals surface area contributed by atoms with E-state index in [-0.39, 0.29) is 5.54 Å². The molecular formula is C15H24N4S. The molecule has 110 valence electrons. The predicted octanol–water partition coefficient (Wildman–Crippen LogP) is 4.14. The molecule has 0 spiro atoms. The zero-order chi connectivity index (χ0) is 14.8. The number of fused-ring (bicyclic) bond motifs is 1. The normalized spacial score (nSPS) is 11.8. The van der Waals surface area contributed by atoms with E-state index in [4.69, 9.17) is 4.98 Å². The van der Waals surface area contributed by atoms with Gasteiger partial charge < -0.3 is 10.2 Å². The fraction of sp³-hybridized carbons (Fsp3) is 0.600. The molecule has 20 heavy (non-hydrogen) atoms. The average molecular weight is 292 g/mol. The van der Waals surface area contributed by atoms with E-state index in [9.17, 15) is 0 Å². The molecule has 0 fully saturated rings. The van der Waals surface area contributed by atoms with Gasteiger partial charge in [0, 0.05) is 19.1 Å². The van der Waals surface area contributed by atoms with Crippen molar-refractivity contribution in [1.82, 2.24) is 9.97 Å². The van der Waals surface area contributed by atoms with Crippen LogP contribution < -0.4 is 10.2 Å². The minimum absolute atomic E-state index is 0.0746. The zero-order valence-electron chi connectivity index (χ0n) is 13.0. The average Bonchev–Trinajstić information content (AvgIpc) is 2.91. The lowest BCUT2D eigenvalue weighted by Crippen LogP contribution is -2.41. The molecule has 0 radical (unpaired) electrons. The molecule has 0 aromatic carbocycles. The van der Waals surface area contributed by atoms with Crippen molar-refractivity contribution < 1.29 is 0 Å². The summed E-state index contributed by atoms with van der Waals surface area (Å²) in [4.78, 5) is 12.6. The highest BCUT2D eigenvalue weighted by molar-refractivity contribution is 7.16. The van der Waals surface area contributed by atoms with Gasteiger partial charge in [0.25, 0.3) is 0 Å². The van der Waals surface area contributed by atoms with Gasteiger partial charge in [-0.05, 0) is 38.1 Å². The lowest BCUT2D eigenvalue weighted by atomic mass is 10.00. The number of nitrogens with one attached hydrogen (secondary N) is 1. The molecule has 0 amide bonds. The highest BCUT2D eigenvalue weighted by atomic mass is 32.1. The zero-order valence-corrected chi connectivity index (χ0v) is 13.8. The summed E-state index contributed by atoms with van der Waals surface area (Å²) in [6, 6.07) is 2.11. The highest BCUT2D eigenvalue weighted by Crippen LogP contribution is 2.32. The molecule has 2 rings (SSSR count). The van der Waals surface area contributed by atoms with Gasteiger partial charge in [-0.1, -0.05) is 13.8 Å². The van der Waals surface area contributed by atoms with E-state index < -0.39 is 0 Å². The molecule has 5 heteroatoms. The maximum absolute atomic E-state index is 4.74. The van der Waals surface area contributed by atoms with Gasteiger partial charge in [-0.2, -0.15) is 4.98 Å². The monoisotopic (exact) mass is 292 g/mol. The van der Waals surface area contributed by atoms with E-state index in [1.807, 2.05) is 0 Å². The number of hydrogen-bond acceptors (Lipinski definition) is 5. The van der Waals surface area contributed by atoms with E-state index in [1.54, 1.807) is 11.3 Å². The predicted molar refractivity (Wildman–Crippen MR) is 89.0 cm³/mol. The van der Waals surface area contributed by atoms with Crippen LogP contribution in [0.2, 0.25) is 0 Å². The molecule has 0 atom stereocenters. The summed E-state index contributed by atoms with van der Waals surface area (Å²) in [5.41, 5.74) is 0.0746. The molecule has 0 aliphatic carbocycles. The van der Waals surface area contributed by atoms with Crippen molar-refractivity contribution >= 4 is 33.3 Å². The molecule has 0 saturated carbocycles. The Bertz CT molecular complexity index is 576. The molecule has 0 saturated heterocycles. The maximum atomic E-state index is 4.74. The molecule has 2 aromatic heterocycles. The van der Waals surface area contributed by atoms with Crippen LogP contribution in [-0.2, 0) is 0 Å². The highest BCUT2D eigenvalue weighted by Gasteiger charge is 2.25. The van der Waals surface area contributed by atoms with Crippen LogP contribution >= 0.6 is 11.3 Å². The van der Waals surface area contributed by atoms with Crippen LogP contribution in [0.1, 0.15) is 40.5 Å². The summed E-state index contributed by atoms with van der Waals surface area (Å²) in [7, 11) is 2.12. The third-order valence-corrected chi connectivity index (χ3v) is 4.74. The second-order valence-corrected chi connectivity index (χ2v) is 6.56. The van der Waals surface area contributed by atoms with Gasteiger partial charge in [0.15, 0.2) is 0 Å². The minimum atomic E-state index is 0.0746. The molecule has 0 bridgehead atoms. The van der Waals surface area contributed by atoms with Crippen molar-refractivity contribution in [3.8, 4) is 0 Å². The first-order valence-electron chi connectivity index (χ1n) is 7.22. The van der Waals surface area contributed by atoms with Gasteiger partial charge >= 0.3 is 0 Å². The van der Waals surface area contributed by atoms with Gasteiger partial charge in [-0.15, -0.1) is 11.3 Å². The molecule has 0 aliphatic rings. The van der Waals surface area contributed by atoms with Crippen LogP contribution in [0.4, 0.5) is 11.8 Å². The van der Waals surface area contributed by atoms with Gasteiger partial charge in [0.1, 0.15) is 10.6 Å². The first kappa shape index (κ1) is 15.0. The molecule has 0 unspecified atom stereocenters. The summed E-state index contributed by atoms with van der Waals surface area (Å²) in [5.74, 6) is 1.75. The largest absolute Gasteiger partial charge is 0.354 e. The summed E-state index contributed by atoms with van der Waals surface area (Å²) in [6.07, 6.45) is 2.13. The number of anilines is 2.